The van der Waals surface area contributed by atoms with Crippen molar-refractivity contribution in [1.82, 2.24) is 25.4 Å². The van der Waals surface area contributed by atoms with Crippen molar-refractivity contribution in [1.29, 1.82) is 0 Å². The molecule has 0 unspecified atom stereocenters. The third-order valence-electron chi connectivity index (χ3n) is 3.75. The largest absolute Gasteiger partial charge is 0.477 e. The van der Waals surface area contributed by atoms with Crippen LogP contribution in [0.5, 0.6) is 5.88 Å². The molecule has 26 heavy (non-hydrogen) atoms. The maximum Gasteiger partial charge on any atom is 0.218 e. The van der Waals surface area contributed by atoms with E-state index in [1.807, 2.05) is 29.1 Å². The molecule has 0 aliphatic rings. The third-order valence-corrected chi connectivity index (χ3v) is 3.75. The molecule has 0 fully saturated rings. The van der Waals surface area contributed by atoms with Crippen LogP contribution in [0.1, 0.15) is 38.7 Å². The lowest BCUT2D eigenvalue weighted by Crippen LogP contribution is -2.38. The smallest absolute Gasteiger partial charge is 0.218 e. The highest BCUT2D eigenvalue weighted by atomic mass is 16.5. The van der Waals surface area contributed by atoms with Gasteiger partial charge in [-0.3, -0.25) is 4.68 Å². The fraction of sp³-hybridized carbons (Fsp3) is 0.526. The van der Waals surface area contributed by atoms with Crippen molar-refractivity contribution in [2.45, 2.75) is 46.2 Å². The van der Waals surface area contributed by atoms with Gasteiger partial charge in [-0.15, -0.1) is 0 Å². The zero-order valence-corrected chi connectivity index (χ0v) is 15.8. The van der Waals surface area contributed by atoms with Crippen LogP contribution in [0.15, 0.2) is 41.8 Å². The minimum Gasteiger partial charge on any atom is -0.477 e. The minimum absolute atomic E-state index is 0.532. The normalized spacial score (nSPS) is 11.4. The number of rotatable bonds is 11. The van der Waals surface area contributed by atoms with Crippen molar-refractivity contribution in [2.24, 2.45) is 4.99 Å². The van der Waals surface area contributed by atoms with Crippen LogP contribution in [0, 0.1) is 0 Å². The minimum atomic E-state index is 0.532. The Kier molecular flexibility index (Phi) is 9.03. The van der Waals surface area contributed by atoms with E-state index in [4.69, 9.17) is 4.74 Å². The van der Waals surface area contributed by atoms with Gasteiger partial charge in [0.1, 0.15) is 0 Å². The number of pyridine rings is 1. The first kappa shape index (κ1) is 19.8. The molecule has 2 rings (SSSR count). The van der Waals surface area contributed by atoms with Gasteiger partial charge in [-0.1, -0.05) is 19.4 Å². The maximum absolute atomic E-state index is 5.78. The van der Waals surface area contributed by atoms with E-state index in [0.717, 1.165) is 50.4 Å². The highest BCUT2D eigenvalue weighted by Gasteiger charge is 2.05. The second-order valence-corrected chi connectivity index (χ2v) is 5.91. The molecule has 0 spiro atoms. The predicted molar refractivity (Wildman–Crippen MR) is 104 cm³/mol. The fourth-order valence-corrected chi connectivity index (χ4v) is 2.37. The second-order valence-electron chi connectivity index (χ2n) is 5.91. The highest BCUT2D eigenvalue weighted by molar-refractivity contribution is 5.79. The van der Waals surface area contributed by atoms with Crippen LogP contribution < -0.4 is 15.4 Å². The summed E-state index contributed by atoms with van der Waals surface area (Å²) < 4.78 is 7.71. The van der Waals surface area contributed by atoms with E-state index in [-0.39, 0.29) is 0 Å². The van der Waals surface area contributed by atoms with Crippen LogP contribution in [-0.2, 0) is 13.1 Å². The SMILES string of the molecule is CCCCOc1ncccc1CN=C(NCC)NCCCn1cccn1. The Hall–Kier alpha value is -2.57. The summed E-state index contributed by atoms with van der Waals surface area (Å²) in [4.78, 5) is 9.00. The van der Waals surface area contributed by atoms with Crippen molar-refractivity contribution in [3.63, 3.8) is 0 Å². The van der Waals surface area contributed by atoms with E-state index in [9.17, 15) is 0 Å². The summed E-state index contributed by atoms with van der Waals surface area (Å²) in [7, 11) is 0. The Morgan fingerprint density at radius 1 is 1.19 bits per heavy atom. The van der Waals surface area contributed by atoms with Crippen LogP contribution in [0.3, 0.4) is 0 Å². The molecular weight excluding hydrogens is 328 g/mol. The van der Waals surface area contributed by atoms with Gasteiger partial charge in [-0.2, -0.15) is 5.10 Å². The van der Waals surface area contributed by atoms with Gasteiger partial charge >= 0.3 is 0 Å². The predicted octanol–water partition coefficient (Wildman–Crippen LogP) is 2.60. The molecule has 2 N–H and O–H groups in total. The maximum atomic E-state index is 5.78. The number of nitrogens with one attached hydrogen (secondary N) is 2. The summed E-state index contributed by atoms with van der Waals surface area (Å²) in [5.41, 5.74) is 0.998. The molecule has 0 aromatic carbocycles. The molecule has 0 atom stereocenters. The van der Waals surface area contributed by atoms with Crippen molar-refractivity contribution in [3.8, 4) is 5.88 Å². The summed E-state index contributed by atoms with van der Waals surface area (Å²) >= 11 is 0. The fourth-order valence-electron chi connectivity index (χ4n) is 2.37. The van der Waals surface area contributed by atoms with E-state index in [1.54, 1.807) is 12.4 Å². The first-order valence-corrected chi connectivity index (χ1v) is 9.39. The lowest BCUT2D eigenvalue weighted by molar-refractivity contribution is 0.294. The lowest BCUT2D eigenvalue weighted by atomic mass is 10.2. The van der Waals surface area contributed by atoms with Gasteiger partial charge < -0.3 is 15.4 Å². The number of hydrogen-bond acceptors (Lipinski definition) is 4. The van der Waals surface area contributed by atoms with E-state index in [2.05, 4.69) is 39.6 Å². The molecule has 7 nitrogen and oxygen atoms in total. The number of aromatic nitrogens is 3. The lowest BCUT2D eigenvalue weighted by Gasteiger charge is -2.12. The number of hydrogen-bond donors (Lipinski definition) is 2. The molecule has 7 heteroatoms. The van der Waals surface area contributed by atoms with Crippen LogP contribution in [-0.4, -0.2) is 40.4 Å². The standard InChI is InChI=1S/C19H30N6O/c1-3-5-15-26-18-17(9-6-10-21-18)16-23-19(20-4-2)22-11-7-13-25-14-8-12-24-25/h6,8-10,12,14H,3-5,7,11,13,15-16H2,1-2H3,(H2,20,22,23). The number of aryl methyl sites for hydroxylation is 1. The topological polar surface area (TPSA) is 76.4 Å². The van der Waals surface area contributed by atoms with Gasteiger partial charge in [0.2, 0.25) is 5.88 Å². The van der Waals surface area contributed by atoms with Crippen molar-refractivity contribution in [2.75, 3.05) is 19.7 Å². The Morgan fingerprint density at radius 3 is 2.88 bits per heavy atom. The van der Waals surface area contributed by atoms with E-state index < -0.39 is 0 Å². The Balaban J connectivity index is 1.85. The van der Waals surface area contributed by atoms with Crippen molar-refractivity contribution < 1.29 is 4.74 Å². The number of aliphatic imine (C=N–C) groups is 1. The molecule has 2 aromatic heterocycles. The van der Waals surface area contributed by atoms with Gasteiger partial charge in [0.25, 0.3) is 0 Å². The van der Waals surface area contributed by atoms with Crippen molar-refractivity contribution >= 4 is 5.96 Å². The molecule has 0 saturated heterocycles. The number of unbranched alkanes of at least 4 members (excludes halogenated alkanes) is 1. The number of nitrogens with zero attached hydrogens (tertiary/aromatic N) is 4. The average molecular weight is 358 g/mol. The van der Waals surface area contributed by atoms with Gasteiger partial charge in [-0.25, -0.2) is 9.98 Å². The van der Waals surface area contributed by atoms with E-state index in [0.29, 0.717) is 19.0 Å². The summed E-state index contributed by atoms with van der Waals surface area (Å²) in [6.45, 7) is 7.96. The third kappa shape index (κ3) is 7.13. The zero-order valence-electron chi connectivity index (χ0n) is 15.8. The Bertz CT molecular complexity index is 641. The highest BCUT2D eigenvalue weighted by Crippen LogP contribution is 2.15. The van der Waals surface area contributed by atoms with Crippen LogP contribution in [0.2, 0.25) is 0 Å². The van der Waals surface area contributed by atoms with Gasteiger partial charge in [-0.05, 0) is 31.9 Å². The molecule has 2 heterocycles. The molecule has 0 radical (unpaired) electrons. The molecular formula is C19H30N6O. The summed E-state index contributed by atoms with van der Waals surface area (Å²) in [5.74, 6) is 1.48. The first-order valence-electron chi connectivity index (χ1n) is 9.39. The van der Waals surface area contributed by atoms with Crippen molar-refractivity contribution in [3.05, 3.63) is 42.4 Å². The molecule has 0 aliphatic heterocycles. The monoisotopic (exact) mass is 358 g/mol. The second kappa shape index (κ2) is 11.9. The summed E-state index contributed by atoms with van der Waals surface area (Å²) in [6.07, 6.45) is 8.64. The first-order chi connectivity index (χ1) is 12.8. The van der Waals surface area contributed by atoms with Crippen LogP contribution >= 0.6 is 0 Å². The van der Waals surface area contributed by atoms with E-state index >= 15 is 0 Å². The van der Waals surface area contributed by atoms with Gasteiger partial charge in [0, 0.05) is 43.8 Å². The molecule has 0 bridgehead atoms. The molecule has 0 aliphatic carbocycles. The van der Waals surface area contributed by atoms with Gasteiger partial charge in [0.05, 0.1) is 13.2 Å². The Labute approximate surface area is 155 Å². The Morgan fingerprint density at radius 2 is 2.12 bits per heavy atom. The molecule has 0 saturated carbocycles. The molecule has 2 aromatic rings. The average Bonchev–Trinajstić information content (AvgIpc) is 3.18. The number of ether oxygens (including phenoxy) is 1. The summed E-state index contributed by atoms with van der Waals surface area (Å²) in [6, 6.07) is 5.87. The van der Waals surface area contributed by atoms with Crippen LogP contribution in [0.4, 0.5) is 0 Å². The zero-order chi connectivity index (χ0) is 18.5. The molecule has 142 valence electrons. The summed E-state index contributed by atoms with van der Waals surface area (Å²) in [5, 5.41) is 10.8. The molecule has 0 amide bonds. The van der Waals surface area contributed by atoms with Crippen LogP contribution in [0.25, 0.3) is 0 Å². The van der Waals surface area contributed by atoms with Gasteiger partial charge in [0.15, 0.2) is 5.96 Å². The van der Waals surface area contributed by atoms with E-state index in [1.165, 1.54) is 0 Å². The quantitative estimate of drug-likeness (QED) is 0.367. The number of guanidine groups is 1.